The molecule has 4 heteroatoms. The minimum absolute atomic E-state index is 0.422. The Morgan fingerprint density at radius 3 is 2.87 bits per heavy atom. The van der Waals surface area contributed by atoms with Gasteiger partial charge in [-0.05, 0) is 11.6 Å². The van der Waals surface area contributed by atoms with Gasteiger partial charge in [0.2, 0.25) is 0 Å². The Hall–Kier alpha value is -1.94. The van der Waals surface area contributed by atoms with Crippen LogP contribution < -0.4 is 11.1 Å². The zero-order chi connectivity index (χ0) is 10.8. The highest BCUT2D eigenvalue weighted by atomic mass is 16.2. The first-order valence-corrected chi connectivity index (χ1v) is 4.59. The Morgan fingerprint density at radius 1 is 1.33 bits per heavy atom. The molecule has 0 aromatic heterocycles. The van der Waals surface area contributed by atoms with Crippen LogP contribution in [0.15, 0.2) is 24.3 Å². The molecule has 3 N–H and O–H groups in total. The zero-order valence-electron chi connectivity index (χ0n) is 7.99. The Balaban J connectivity index is 2.49. The van der Waals surface area contributed by atoms with E-state index < -0.39 is 11.7 Å². The molecule has 4 nitrogen and oxygen atoms in total. The van der Waals surface area contributed by atoms with E-state index in [-0.39, 0.29) is 0 Å². The molecule has 0 saturated carbocycles. The summed E-state index contributed by atoms with van der Waals surface area (Å²) in [4.78, 5) is 22.5. The van der Waals surface area contributed by atoms with E-state index in [9.17, 15) is 9.59 Å². The molecule has 1 aliphatic rings. The number of anilines is 1. The molecule has 15 heavy (non-hydrogen) atoms. The van der Waals surface area contributed by atoms with Gasteiger partial charge in [0.1, 0.15) is 0 Å². The number of ketones is 1. The molecule has 0 spiro atoms. The van der Waals surface area contributed by atoms with E-state index in [2.05, 4.69) is 5.32 Å². The van der Waals surface area contributed by atoms with Crippen LogP contribution in [0.25, 0.3) is 6.08 Å². The second-order valence-electron chi connectivity index (χ2n) is 3.19. The number of hydrogen-bond acceptors (Lipinski definition) is 3. The molecule has 0 atom stereocenters. The molecule has 0 bridgehead atoms. The standard InChI is InChI=1S/C11H10N2O2/c12-6-2-4-7-3-1-5-8-9(7)13-11(15)10(8)14/h1-5H,6,12H2,(H,13,14,15). The van der Waals surface area contributed by atoms with E-state index in [1.807, 2.05) is 6.07 Å². The number of nitrogens with two attached hydrogens (primary N) is 1. The van der Waals surface area contributed by atoms with Crippen LogP contribution in [0.3, 0.4) is 0 Å². The molecule has 0 radical (unpaired) electrons. The molecule has 1 aliphatic heterocycles. The molecule has 0 unspecified atom stereocenters. The minimum atomic E-state index is -0.571. The molecule has 1 aromatic rings. The lowest BCUT2D eigenvalue weighted by molar-refractivity contribution is -0.112. The van der Waals surface area contributed by atoms with Gasteiger partial charge in [-0.15, -0.1) is 0 Å². The quantitative estimate of drug-likeness (QED) is 0.696. The van der Waals surface area contributed by atoms with Crippen LogP contribution in [0, 0.1) is 0 Å². The van der Waals surface area contributed by atoms with Crippen LogP contribution in [0.5, 0.6) is 0 Å². The van der Waals surface area contributed by atoms with Crippen molar-refractivity contribution in [3.8, 4) is 0 Å². The number of benzene rings is 1. The second kappa shape index (κ2) is 3.67. The molecule has 1 aromatic carbocycles. The molecule has 0 fully saturated rings. The number of fused-ring (bicyclic) bond motifs is 1. The number of carbonyl (C=O) groups is 2. The van der Waals surface area contributed by atoms with Gasteiger partial charge in [-0.2, -0.15) is 0 Å². The van der Waals surface area contributed by atoms with Gasteiger partial charge in [0.15, 0.2) is 0 Å². The lowest BCUT2D eigenvalue weighted by Crippen LogP contribution is -2.12. The largest absolute Gasteiger partial charge is 0.327 e. The van der Waals surface area contributed by atoms with Crippen molar-refractivity contribution in [2.45, 2.75) is 0 Å². The number of amides is 1. The van der Waals surface area contributed by atoms with Crippen molar-refractivity contribution in [2.24, 2.45) is 5.73 Å². The van der Waals surface area contributed by atoms with Crippen molar-refractivity contribution in [1.29, 1.82) is 0 Å². The highest BCUT2D eigenvalue weighted by Crippen LogP contribution is 2.27. The highest BCUT2D eigenvalue weighted by molar-refractivity contribution is 6.52. The van der Waals surface area contributed by atoms with Crippen LogP contribution in [0.4, 0.5) is 5.69 Å². The highest BCUT2D eigenvalue weighted by Gasteiger charge is 2.28. The van der Waals surface area contributed by atoms with Crippen LogP contribution in [0.2, 0.25) is 0 Å². The molecular weight excluding hydrogens is 192 g/mol. The topological polar surface area (TPSA) is 72.2 Å². The summed E-state index contributed by atoms with van der Waals surface area (Å²) in [5.74, 6) is -1.05. The average Bonchev–Trinajstić information content (AvgIpc) is 2.53. The van der Waals surface area contributed by atoms with Crippen molar-refractivity contribution in [3.63, 3.8) is 0 Å². The summed E-state index contributed by atoms with van der Waals surface area (Å²) in [5.41, 5.74) is 7.15. The van der Waals surface area contributed by atoms with E-state index >= 15 is 0 Å². The molecule has 2 rings (SSSR count). The van der Waals surface area contributed by atoms with Gasteiger partial charge >= 0.3 is 0 Å². The molecule has 76 valence electrons. The smallest absolute Gasteiger partial charge is 0.296 e. The number of rotatable bonds is 2. The molecule has 0 saturated heterocycles. The fourth-order valence-corrected chi connectivity index (χ4v) is 1.53. The van der Waals surface area contributed by atoms with Gasteiger partial charge in [0, 0.05) is 6.54 Å². The van der Waals surface area contributed by atoms with Crippen molar-refractivity contribution in [3.05, 3.63) is 35.4 Å². The summed E-state index contributed by atoms with van der Waals surface area (Å²) in [6, 6.07) is 5.20. The maximum absolute atomic E-state index is 11.4. The van der Waals surface area contributed by atoms with Crippen molar-refractivity contribution >= 4 is 23.5 Å². The van der Waals surface area contributed by atoms with E-state index in [1.165, 1.54) is 0 Å². The average molecular weight is 202 g/mol. The van der Waals surface area contributed by atoms with Gasteiger partial charge < -0.3 is 11.1 Å². The van der Waals surface area contributed by atoms with Crippen LogP contribution >= 0.6 is 0 Å². The van der Waals surface area contributed by atoms with E-state index in [0.717, 1.165) is 5.56 Å². The Morgan fingerprint density at radius 2 is 2.13 bits per heavy atom. The Bertz CT molecular complexity index is 464. The Kier molecular flexibility index (Phi) is 2.35. The SMILES string of the molecule is NCC=Cc1cccc2c1NC(=O)C2=O. The first-order chi connectivity index (χ1) is 7.24. The lowest BCUT2D eigenvalue weighted by Gasteiger charge is -2.01. The van der Waals surface area contributed by atoms with Crippen LogP contribution in [0.1, 0.15) is 15.9 Å². The molecule has 0 aliphatic carbocycles. The minimum Gasteiger partial charge on any atom is -0.327 e. The summed E-state index contributed by atoms with van der Waals surface area (Å²) in [7, 11) is 0. The van der Waals surface area contributed by atoms with Gasteiger partial charge in [0.25, 0.3) is 11.7 Å². The van der Waals surface area contributed by atoms with Gasteiger partial charge in [-0.25, -0.2) is 0 Å². The number of nitrogens with one attached hydrogen (secondary N) is 1. The number of carbonyl (C=O) groups excluding carboxylic acids is 2. The van der Waals surface area contributed by atoms with E-state index in [4.69, 9.17) is 5.73 Å². The molecule has 1 heterocycles. The fraction of sp³-hybridized carbons (Fsp3) is 0.0909. The van der Waals surface area contributed by atoms with Crippen molar-refractivity contribution in [1.82, 2.24) is 0 Å². The third kappa shape index (κ3) is 1.55. The fourth-order valence-electron chi connectivity index (χ4n) is 1.53. The number of hydrogen-bond donors (Lipinski definition) is 2. The van der Waals surface area contributed by atoms with E-state index in [1.54, 1.807) is 24.3 Å². The third-order valence-corrected chi connectivity index (χ3v) is 2.22. The number of Topliss-reactive ketones (excluding diaryl/α,β-unsaturated/α-hetero) is 1. The second-order valence-corrected chi connectivity index (χ2v) is 3.19. The van der Waals surface area contributed by atoms with Gasteiger partial charge in [-0.1, -0.05) is 24.3 Å². The van der Waals surface area contributed by atoms with Crippen LogP contribution in [-0.2, 0) is 4.79 Å². The van der Waals surface area contributed by atoms with Crippen molar-refractivity contribution in [2.75, 3.05) is 11.9 Å². The summed E-state index contributed by atoms with van der Waals surface area (Å²) in [6.07, 6.45) is 3.56. The lowest BCUT2D eigenvalue weighted by atomic mass is 10.1. The summed E-state index contributed by atoms with van der Waals surface area (Å²) in [5, 5.41) is 2.54. The first-order valence-electron chi connectivity index (χ1n) is 4.59. The zero-order valence-corrected chi connectivity index (χ0v) is 7.99. The normalized spacial score (nSPS) is 14.5. The third-order valence-electron chi connectivity index (χ3n) is 2.22. The number of para-hydroxylation sites is 1. The maximum atomic E-state index is 11.4. The van der Waals surface area contributed by atoms with E-state index in [0.29, 0.717) is 17.8 Å². The molecule has 1 amide bonds. The Labute approximate surface area is 86.8 Å². The predicted molar refractivity (Wildman–Crippen MR) is 57.5 cm³/mol. The van der Waals surface area contributed by atoms with Crippen molar-refractivity contribution < 1.29 is 9.59 Å². The van der Waals surface area contributed by atoms with Gasteiger partial charge in [0.05, 0.1) is 11.3 Å². The monoisotopic (exact) mass is 202 g/mol. The maximum Gasteiger partial charge on any atom is 0.296 e. The predicted octanol–water partition coefficient (Wildman–Crippen LogP) is 0.793. The summed E-state index contributed by atoms with van der Waals surface area (Å²) >= 11 is 0. The summed E-state index contributed by atoms with van der Waals surface area (Å²) < 4.78 is 0. The molecular formula is C11H10N2O2. The first kappa shape index (κ1) is 9.61. The van der Waals surface area contributed by atoms with Crippen LogP contribution in [-0.4, -0.2) is 18.2 Å². The van der Waals surface area contributed by atoms with Gasteiger partial charge in [-0.3, -0.25) is 9.59 Å². The summed E-state index contributed by atoms with van der Waals surface area (Å²) in [6.45, 7) is 0.422.